The summed E-state index contributed by atoms with van der Waals surface area (Å²) in [6.45, 7) is 2.57. The third-order valence-electron chi connectivity index (χ3n) is 3.38. The number of halogens is 1. The van der Waals surface area contributed by atoms with Crippen molar-refractivity contribution < 1.29 is 18.7 Å². The molecule has 7 nitrogen and oxygen atoms in total. The number of aromatic nitrogens is 2. The average molecular weight is 349 g/mol. The first-order valence-corrected chi connectivity index (χ1v) is 7.84. The molecular formula is C17H20FN3O4. The van der Waals surface area contributed by atoms with Gasteiger partial charge in [-0.25, -0.2) is 4.39 Å². The summed E-state index contributed by atoms with van der Waals surface area (Å²) < 4.78 is 24.6. The Morgan fingerprint density at radius 2 is 2.00 bits per heavy atom. The third-order valence-corrected chi connectivity index (χ3v) is 3.38. The molecule has 1 heterocycles. The normalized spacial score (nSPS) is 11.8. The van der Waals surface area contributed by atoms with Crippen LogP contribution in [0.5, 0.6) is 5.88 Å². The molecule has 0 aliphatic rings. The topological polar surface area (TPSA) is 82.5 Å². The number of rotatable bonds is 8. The molecule has 1 atom stereocenters. The van der Waals surface area contributed by atoms with Crippen molar-refractivity contribution in [3.05, 3.63) is 52.6 Å². The van der Waals surface area contributed by atoms with Crippen LogP contribution in [0.25, 0.3) is 5.69 Å². The first-order chi connectivity index (χ1) is 12.0. The highest BCUT2D eigenvalue weighted by atomic mass is 19.1. The highest BCUT2D eigenvalue weighted by Crippen LogP contribution is 2.11. The lowest BCUT2D eigenvalue weighted by Crippen LogP contribution is -2.39. The Kier molecular flexibility index (Phi) is 6.64. The van der Waals surface area contributed by atoms with Crippen LogP contribution in [0.2, 0.25) is 0 Å². The summed E-state index contributed by atoms with van der Waals surface area (Å²) in [6, 6.07) is 8.00. The molecule has 0 aliphatic heterocycles. The molecule has 1 N–H and O–H groups in total. The highest BCUT2D eigenvalue weighted by Gasteiger charge is 2.19. The predicted octanol–water partition coefficient (Wildman–Crippen LogP) is 1.29. The van der Waals surface area contributed by atoms with Gasteiger partial charge in [-0.3, -0.25) is 9.59 Å². The number of hydrogen-bond acceptors (Lipinski definition) is 5. The van der Waals surface area contributed by atoms with E-state index in [0.29, 0.717) is 25.3 Å². The molecule has 2 rings (SSSR count). The van der Waals surface area contributed by atoms with E-state index >= 15 is 0 Å². The highest BCUT2D eigenvalue weighted by molar-refractivity contribution is 5.80. The molecule has 0 unspecified atom stereocenters. The van der Waals surface area contributed by atoms with E-state index in [1.165, 1.54) is 36.4 Å². The van der Waals surface area contributed by atoms with E-state index < -0.39 is 17.5 Å². The Labute approximate surface area is 144 Å². The zero-order chi connectivity index (χ0) is 18.2. The molecule has 25 heavy (non-hydrogen) atoms. The van der Waals surface area contributed by atoms with Crippen LogP contribution in [0.4, 0.5) is 4.39 Å². The van der Waals surface area contributed by atoms with Crippen LogP contribution < -0.4 is 15.6 Å². The molecule has 0 spiro atoms. The van der Waals surface area contributed by atoms with Crippen molar-refractivity contribution in [2.75, 3.05) is 20.3 Å². The standard InChI is InChI=1S/C17H20FN3O4/c1-3-14(17(23)19-10-11-24-2)25-15-8-9-16(22)21(20-15)13-6-4-12(18)5-7-13/h4-9,14H,3,10-11H2,1-2H3,(H,19,23)/t14-/m1/s1. The predicted molar refractivity (Wildman–Crippen MR) is 89.4 cm³/mol. The lowest BCUT2D eigenvalue weighted by Gasteiger charge is -2.17. The number of carbonyl (C=O) groups is 1. The average Bonchev–Trinajstić information content (AvgIpc) is 2.62. The van der Waals surface area contributed by atoms with Crippen molar-refractivity contribution >= 4 is 5.91 Å². The van der Waals surface area contributed by atoms with Gasteiger partial charge >= 0.3 is 0 Å². The molecule has 0 saturated carbocycles. The molecule has 0 fully saturated rings. The molecule has 1 aromatic heterocycles. The summed E-state index contributed by atoms with van der Waals surface area (Å²) in [5.74, 6) is -0.582. The summed E-state index contributed by atoms with van der Waals surface area (Å²) in [4.78, 5) is 24.1. The van der Waals surface area contributed by atoms with Gasteiger partial charge in [0.1, 0.15) is 5.82 Å². The molecule has 0 saturated heterocycles. The van der Waals surface area contributed by atoms with Gasteiger partial charge in [-0.05, 0) is 30.7 Å². The fraction of sp³-hybridized carbons (Fsp3) is 0.353. The maximum absolute atomic E-state index is 13.0. The largest absolute Gasteiger partial charge is 0.463 e. The van der Waals surface area contributed by atoms with Gasteiger partial charge in [-0.15, -0.1) is 5.10 Å². The molecule has 134 valence electrons. The van der Waals surface area contributed by atoms with E-state index in [-0.39, 0.29) is 11.8 Å². The quantitative estimate of drug-likeness (QED) is 0.726. The summed E-state index contributed by atoms with van der Waals surface area (Å²) in [6.07, 6.45) is -0.320. The van der Waals surface area contributed by atoms with Crippen molar-refractivity contribution in [3.8, 4) is 11.6 Å². The Balaban J connectivity index is 2.16. The van der Waals surface area contributed by atoms with E-state index in [1.54, 1.807) is 14.0 Å². The van der Waals surface area contributed by atoms with Crippen LogP contribution in [0.3, 0.4) is 0 Å². The van der Waals surface area contributed by atoms with Gasteiger partial charge in [0.25, 0.3) is 11.5 Å². The van der Waals surface area contributed by atoms with Crippen molar-refractivity contribution in [2.24, 2.45) is 0 Å². The van der Waals surface area contributed by atoms with E-state index in [1.807, 2.05) is 0 Å². The SMILES string of the molecule is CC[C@@H](Oc1ccc(=O)n(-c2ccc(F)cc2)n1)C(=O)NCCOC. The lowest BCUT2D eigenvalue weighted by molar-refractivity contribution is -0.128. The molecule has 0 aliphatic carbocycles. The lowest BCUT2D eigenvalue weighted by atomic mass is 10.2. The zero-order valence-corrected chi connectivity index (χ0v) is 14.1. The van der Waals surface area contributed by atoms with Crippen molar-refractivity contribution in [1.29, 1.82) is 0 Å². The van der Waals surface area contributed by atoms with Crippen molar-refractivity contribution in [2.45, 2.75) is 19.4 Å². The van der Waals surface area contributed by atoms with Gasteiger partial charge in [-0.1, -0.05) is 6.92 Å². The number of ether oxygens (including phenoxy) is 2. The molecular weight excluding hydrogens is 329 g/mol. The smallest absolute Gasteiger partial charge is 0.271 e. The Morgan fingerprint density at radius 1 is 1.28 bits per heavy atom. The molecule has 0 bridgehead atoms. The number of methoxy groups -OCH3 is 1. The Morgan fingerprint density at radius 3 is 2.64 bits per heavy atom. The van der Waals surface area contributed by atoms with Gasteiger partial charge in [0.05, 0.1) is 12.3 Å². The molecule has 0 radical (unpaired) electrons. The van der Waals surface area contributed by atoms with Gasteiger partial charge in [0.15, 0.2) is 6.10 Å². The van der Waals surface area contributed by atoms with Crippen molar-refractivity contribution in [1.82, 2.24) is 15.1 Å². The zero-order valence-electron chi connectivity index (χ0n) is 14.1. The number of nitrogens with zero attached hydrogens (tertiary/aromatic N) is 2. The van der Waals surface area contributed by atoms with Crippen LogP contribution in [-0.4, -0.2) is 42.1 Å². The maximum atomic E-state index is 13.0. The fourth-order valence-corrected chi connectivity index (χ4v) is 2.08. The van der Waals surface area contributed by atoms with Crippen LogP contribution in [0.1, 0.15) is 13.3 Å². The molecule has 1 aromatic carbocycles. The number of hydrogen-bond donors (Lipinski definition) is 1. The Hall–Kier alpha value is -2.74. The minimum Gasteiger partial charge on any atom is -0.463 e. The van der Waals surface area contributed by atoms with Crippen molar-refractivity contribution in [3.63, 3.8) is 0 Å². The minimum atomic E-state index is -0.747. The van der Waals surface area contributed by atoms with E-state index in [2.05, 4.69) is 10.4 Å². The van der Waals surface area contributed by atoms with E-state index in [4.69, 9.17) is 9.47 Å². The molecule has 1 amide bonds. The van der Waals surface area contributed by atoms with Crippen LogP contribution in [-0.2, 0) is 9.53 Å². The van der Waals surface area contributed by atoms with Gasteiger partial charge < -0.3 is 14.8 Å². The molecule has 2 aromatic rings. The summed E-state index contributed by atoms with van der Waals surface area (Å²) >= 11 is 0. The number of nitrogens with one attached hydrogen (secondary N) is 1. The number of amides is 1. The monoisotopic (exact) mass is 349 g/mol. The third kappa shape index (κ3) is 5.12. The van der Waals surface area contributed by atoms with Gasteiger partial charge in [-0.2, -0.15) is 4.68 Å². The van der Waals surface area contributed by atoms with Crippen LogP contribution in [0, 0.1) is 5.82 Å². The first kappa shape index (κ1) is 18.6. The maximum Gasteiger partial charge on any atom is 0.271 e. The second-order valence-corrected chi connectivity index (χ2v) is 5.20. The Bertz CT molecular complexity index is 761. The van der Waals surface area contributed by atoms with E-state index in [0.717, 1.165) is 4.68 Å². The van der Waals surface area contributed by atoms with E-state index in [9.17, 15) is 14.0 Å². The summed E-state index contributed by atoms with van der Waals surface area (Å²) in [5.41, 5.74) is 0.00555. The second kappa shape index (κ2) is 8.93. The van der Waals surface area contributed by atoms with Gasteiger partial charge in [0.2, 0.25) is 5.88 Å². The summed E-state index contributed by atoms with van der Waals surface area (Å²) in [7, 11) is 1.54. The number of carbonyl (C=O) groups excluding carboxylic acids is 1. The first-order valence-electron chi connectivity index (χ1n) is 7.84. The van der Waals surface area contributed by atoms with Gasteiger partial charge in [0, 0.05) is 25.8 Å². The fourth-order valence-electron chi connectivity index (χ4n) is 2.08. The number of benzene rings is 1. The van der Waals surface area contributed by atoms with Crippen LogP contribution >= 0.6 is 0 Å². The minimum absolute atomic E-state index is 0.123. The molecule has 8 heteroatoms. The van der Waals surface area contributed by atoms with Crippen LogP contribution in [0.15, 0.2) is 41.2 Å². The second-order valence-electron chi connectivity index (χ2n) is 5.20. The summed E-state index contributed by atoms with van der Waals surface area (Å²) in [5, 5.41) is 6.79.